The minimum Gasteiger partial charge on any atom is -0.466 e. The molecule has 1 N–H and O–H groups in total. The molecule has 134 valence electrons. The summed E-state index contributed by atoms with van der Waals surface area (Å²) in [5.41, 5.74) is 3.29. The van der Waals surface area contributed by atoms with Gasteiger partial charge in [-0.1, -0.05) is 68.4 Å². The fourth-order valence-corrected chi connectivity index (χ4v) is 3.02. The zero-order valence-electron chi connectivity index (χ0n) is 15.5. The molecule has 0 bridgehead atoms. The van der Waals surface area contributed by atoms with E-state index >= 15 is 0 Å². The first kappa shape index (κ1) is 19.2. The molecule has 3 nitrogen and oxygen atoms in total. The van der Waals surface area contributed by atoms with Gasteiger partial charge in [0, 0.05) is 6.04 Å². The molecule has 0 heterocycles. The number of hydrogen-bond donors (Lipinski definition) is 1. The molecule has 0 amide bonds. The first-order valence-corrected chi connectivity index (χ1v) is 9.17. The van der Waals surface area contributed by atoms with Crippen LogP contribution in [0, 0.1) is 0 Å². The Kier molecular flexibility index (Phi) is 7.68. The third-order valence-electron chi connectivity index (χ3n) is 4.21. The Balaban J connectivity index is 2.26. The maximum atomic E-state index is 12.6. The number of nitrogens with one attached hydrogen (secondary N) is 1. The van der Waals surface area contributed by atoms with Crippen molar-refractivity contribution in [1.82, 2.24) is 5.32 Å². The quantitative estimate of drug-likeness (QED) is 0.528. The number of hydrogen-bond acceptors (Lipinski definition) is 3. The minimum atomic E-state index is -0.231. The van der Waals surface area contributed by atoms with Gasteiger partial charge in [-0.25, -0.2) is 0 Å². The molecule has 25 heavy (non-hydrogen) atoms. The number of esters is 1. The molecule has 2 aromatic rings. The molecule has 0 aliphatic rings. The lowest BCUT2D eigenvalue weighted by Crippen LogP contribution is -2.25. The van der Waals surface area contributed by atoms with E-state index in [4.69, 9.17) is 4.74 Å². The van der Waals surface area contributed by atoms with Crippen LogP contribution in [0.2, 0.25) is 0 Å². The van der Waals surface area contributed by atoms with Crippen molar-refractivity contribution < 1.29 is 9.53 Å². The monoisotopic (exact) mass is 339 g/mol. The summed E-state index contributed by atoms with van der Waals surface area (Å²) in [5, 5.41) is 3.42. The van der Waals surface area contributed by atoms with E-state index in [-0.39, 0.29) is 11.9 Å². The fraction of sp³-hybridized carbons (Fsp3) is 0.409. The standard InChI is InChI=1S/C22H29NO2/c1-4-25-22(24)21(15-10-16-23-17(2)3)20-14-9-8-13-19(20)18-11-6-5-7-12-18/h5-9,11-14,17,21,23H,4,10,15-16H2,1-3H3. The van der Waals surface area contributed by atoms with Crippen LogP contribution in [0.25, 0.3) is 11.1 Å². The molecule has 2 aromatic carbocycles. The number of carbonyl (C=O) groups is 1. The Labute approximate surface area is 151 Å². The van der Waals surface area contributed by atoms with Gasteiger partial charge >= 0.3 is 5.97 Å². The Morgan fingerprint density at radius 1 is 1.04 bits per heavy atom. The van der Waals surface area contributed by atoms with Gasteiger partial charge in [0.2, 0.25) is 0 Å². The number of benzene rings is 2. The zero-order chi connectivity index (χ0) is 18.1. The lowest BCUT2D eigenvalue weighted by atomic mass is 9.87. The molecule has 2 rings (SSSR count). The molecule has 1 atom stereocenters. The van der Waals surface area contributed by atoms with Gasteiger partial charge in [0.15, 0.2) is 0 Å². The number of rotatable bonds is 9. The maximum Gasteiger partial charge on any atom is 0.313 e. The Hall–Kier alpha value is -2.13. The van der Waals surface area contributed by atoms with Crippen LogP contribution in [0.4, 0.5) is 0 Å². The molecule has 0 aromatic heterocycles. The molecule has 0 spiro atoms. The molecule has 1 unspecified atom stereocenters. The van der Waals surface area contributed by atoms with Crippen molar-refractivity contribution >= 4 is 5.97 Å². The highest BCUT2D eigenvalue weighted by Gasteiger charge is 2.24. The van der Waals surface area contributed by atoms with Crippen molar-refractivity contribution in [3.63, 3.8) is 0 Å². The molecular weight excluding hydrogens is 310 g/mol. The molecule has 0 aliphatic carbocycles. The van der Waals surface area contributed by atoms with Crippen LogP contribution in [0.5, 0.6) is 0 Å². The molecule has 0 saturated heterocycles. The van der Waals surface area contributed by atoms with Crippen molar-refractivity contribution in [2.75, 3.05) is 13.2 Å². The Morgan fingerprint density at radius 3 is 2.40 bits per heavy atom. The van der Waals surface area contributed by atoms with Gasteiger partial charge in [0.25, 0.3) is 0 Å². The first-order valence-electron chi connectivity index (χ1n) is 9.17. The zero-order valence-corrected chi connectivity index (χ0v) is 15.5. The van der Waals surface area contributed by atoms with E-state index in [9.17, 15) is 4.79 Å². The Bertz CT molecular complexity index is 652. The van der Waals surface area contributed by atoms with Crippen LogP contribution >= 0.6 is 0 Å². The second-order valence-electron chi connectivity index (χ2n) is 6.51. The molecule has 0 radical (unpaired) electrons. The van der Waals surface area contributed by atoms with E-state index in [1.165, 1.54) is 0 Å². The second-order valence-corrected chi connectivity index (χ2v) is 6.51. The van der Waals surface area contributed by atoms with Crippen LogP contribution < -0.4 is 5.32 Å². The van der Waals surface area contributed by atoms with Gasteiger partial charge in [0.05, 0.1) is 12.5 Å². The third kappa shape index (κ3) is 5.71. The third-order valence-corrected chi connectivity index (χ3v) is 4.21. The number of ether oxygens (including phenoxy) is 1. The van der Waals surface area contributed by atoms with E-state index in [1.54, 1.807) is 0 Å². The molecule has 0 fully saturated rings. The van der Waals surface area contributed by atoms with Crippen molar-refractivity contribution in [1.29, 1.82) is 0 Å². The smallest absolute Gasteiger partial charge is 0.313 e. The lowest BCUT2D eigenvalue weighted by molar-refractivity contribution is -0.145. The second kappa shape index (κ2) is 10.00. The summed E-state index contributed by atoms with van der Waals surface area (Å²) in [7, 11) is 0. The van der Waals surface area contributed by atoms with Crippen molar-refractivity contribution in [2.45, 2.75) is 45.6 Å². The summed E-state index contributed by atoms with van der Waals surface area (Å²) in [4.78, 5) is 12.6. The van der Waals surface area contributed by atoms with Crippen LogP contribution in [-0.2, 0) is 9.53 Å². The lowest BCUT2D eigenvalue weighted by Gasteiger charge is -2.20. The highest BCUT2D eigenvalue weighted by Crippen LogP contribution is 2.32. The van der Waals surface area contributed by atoms with Gasteiger partial charge in [0.1, 0.15) is 0 Å². The summed E-state index contributed by atoms with van der Waals surface area (Å²) >= 11 is 0. The van der Waals surface area contributed by atoms with E-state index in [1.807, 2.05) is 37.3 Å². The van der Waals surface area contributed by atoms with E-state index in [0.717, 1.165) is 36.1 Å². The minimum absolute atomic E-state index is 0.129. The predicted molar refractivity (Wildman–Crippen MR) is 104 cm³/mol. The van der Waals surface area contributed by atoms with E-state index < -0.39 is 0 Å². The summed E-state index contributed by atoms with van der Waals surface area (Å²) in [6, 6.07) is 18.8. The average molecular weight is 339 g/mol. The molecule has 0 saturated carbocycles. The van der Waals surface area contributed by atoms with Crippen LogP contribution in [-0.4, -0.2) is 25.2 Å². The SMILES string of the molecule is CCOC(=O)C(CCCNC(C)C)c1ccccc1-c1ccccc1. The topological polar surface area (TPSA) is 38.3 Å². The predicted octanol–water partition coefficient (Wildman–Crippen LogP) is 4.78. The van der Waals surface area contributed by atoms with E-state index in [0.29, 0.717) is 12.6 Å². The average Bonchev–Trinajstić information content (AvgIpc) is 2.62. The normalized spacial score (nSPS) is 12.2. The van der Waals surface area contributed by atoms with Gasteiger partial charge in [-0.3, -0.25) is 4.79 Å². The van der Waals surface area contributed by atoms with Gasteiger partial charge < -0.3 is 10.1 Å². The highest BCUT2D eigenvalue weighted by molar-refractivity contribution is 5.82. The summed E-state index contributed by atoms with van der Waals surface area (Å²) in [6.07, 6.45) is 1.72. The number of carbonyl (C=O) groups excluding carboxylic acids is 1. The van der Waals surface area contributed by atoms with Crippen molar-refractivity contribution in [3.05, 3.63) is 60.2 Å². The summed E-state index contributed by atoms with van der Waals surface area (Å²) < 4.78 is 5.37. The summed E-state index contributed by atoms with van der Waals surface area (Å²) in [5.74, 6) is -0.360. The van der Waals surface area contributed by atoms with E-state index in [2.05, 4.69) is 43.4 Å². The van der Waals surface area contributed by atoms with Gasteiger partial charge in [-0.05, 0) is 43.0 Å². The first-order chi connectivity index (χ1) is 12.1. The van der Waals surface area contributed by atoms with Gasteiger partial charge in [-0.15, -0.1) is 0 Å². The summed E-state index contributed by atoms with van der Waals surface area (Å²) in [6.45, 7) is 7.44. The fourth-order valence-electron chi connectivity index (χ4n) is 3.02. The molecular formula is C22H29NO2. The van der Waals surface area contributed by atoms with Crippen LogP contribution in [0.1, 0.15) is 45.1 Å². The van der Waals surface area contributed by atoms with Gasteiger partial charge in [-0.2, -0.15) is 0 Å². The largest absolute Gasteiger partial charge is 0.466 e. The molecule has 3 heteroatoms. The van der Waals surface area contributed by atoms with Crippen molar-refractivity contribution in [2.24, 2.45) is 0 Å². The maximum absolute atomic E-state index is 12.6. The van der Waals surface area contributed by atoms with Crippen LogP contribution in [0.3, 0.4) is 0 Å². The van der Waals surface area contributed by atoms with Crippen LogP contribution in [0.15, 0.2) is 54.6 Å². The van der Waals surface area contributed by atoms with Crippen molar-refractivity contribution in [3.8, 4) is 11.1 Å². The Morgan fingerprint density at radius 2 is 1.72 bits per heavy atom. The molecule has 0 aliphatic heterocycles. The highest BCUT2D eigenvalue weighted by atomic mass is 16.5.